The summed E-state index contributed by atoms with van der Waals surface area (Å²) in [4.78, 5) is 38.2. The van der Waals surface area contributed by atoms with Crippen molar-refractivity contribution < 1.29 is 14.4 Å². The number of hydrogen-bond acceptors (Lipinski definition) is 5. The van der Waals surface area contributed by atoms with Gasteiger partial charge in [-0.3, -0.25) is 19.7 Å². The van der Waals surface area contributed by atoms with Crippen molar-refractivity contribution in [1.82, 2.24) is 20.9 Å². The lowest BCUT2D eigenvalue weighted by Crippen LogP contribution is -2.52. The van der Waals surface area contributed by atoms with Gasteiger partial charge in [0.05, 0.1) is 0 Å². The van der Waals surface area contributed by atoms with E-state index in [0.29, 0.717) is 31.1 Å². The molecule has 3 atom stereocenters. The number of imide groups is 1. The van der Waals surface area contributed by atoms with Gasteiger partial charge in [-0.25, -0.2) is 0 Å². The van der Waals surface area contributed by atoms with E-state index in [1.165, 1.54) is 5.56 Å². The van der Waals surface area contributed by atoms with Crippen molar-refractivity contribution in [2.45, 2.75) is 50.5 Å². The van der Waals surface area contributed by atoms with E-state index in [0.717, 1.165) is 24.1 Å². The Morgan fingerprint density at radius 2 is 1.87 bits per heavy atom. The summed E-state index contributed by atoms with van der Waals surface area (Å²) in [6.45, 7) is 2.06. The van der Waals surface area contributed by atoms with Crippen molar-refractivity contribution in [3.63, 3.8) is 0 Å². The molecular weight excluding hydrogens is 392 g/mol. The third-order valence-corrected chi connectivity index (χ3v) is 6.54. The fraction of sp³-hybridized carbons (Fsp3) is 0.375. The molecule has 5 rings (SSSR count). The monoisotopic (exact) mass is 418 g/mol. The van der Waals surface area contributed by atoms with Crippen molar-refractivity contribution in [3.8, 4) is 0 Å². The molecule has 2 saturated heterocycles. The molecule has 0 radical (unpaired) electrons. The Hall–Kier alpha value is -3.03. The number of nitrogens with one attached hydrogen (secondary N) is 3. The first-order chi connectivity index (χ1) is 15.1. The van der Waals surface area contributed by atoms with Gasteiger partial charge in [-0.05, 0) is 42.1 Å². The second-order valence-electron chi connectivity index (χ2n) is 8.51. The topological polar surface area (TPSA) is 90.5 Å². The predicted molar refractivity (Wildman–Crippen MR) is 115 cm³/mol. The molecule has 0 aliphatic carbocycles. The molecule has 7 heteroatoms. The van der Waals surface area contributed by atoms with Crippen LogP contribution in [-0.4, -0.2) is 41.2 Å². The zero-order chi connectivity index (χ0) is 21.4. The zero-order valence-electron chi connectivity index (χ0n) is 17.3. The summed E-state index contributed by atoms with van der Waals surface area (Å²) >= 11 is 0. The summed E-state index contributed by atoms with van der Waals surface area (Å²) in [5.41, 5.74) is 3.92. The molecule has 3 aliphatic rings. The lowest BCUT2D eigenvalue weighted by atomic mass is 10.00. The highest BCUT2D eigenvalue weighted by Gasteiger charge is 2.39. The van der Waals surface area contributed by atoms with Gasteiger partial charge in [0.15, 0.2) is 0 Å². The molecule has 2 fully saturated rings. The van der Waals surface area contributed by atoms with Gasteiger partial charge in [-0.1, -0.05) is 42.5 Å². The number of amides is 3. The highest BCUT2D eigenvalue weighted by atomic mass is 16.2. The molecule has 7 nitrogen and oxygen atoms in total. The molecule has 2 aromatic rings. The number of benzene rings is 2. The first-order valence-corrected chi connectivity index (χ1v) is 10.9. The highest BCUT2D eigenvalue weighted by molar-refractivity contribution is 6.05. The van der Waals surface area contributed by atoms with Gasteiger partial charge in [0.25, 0.3) is 5.91 Å². The fourth-order valence-corrected chi connectivity index (χ4v) is 4.89. The van der Waals surface area contributed by atoms with E-state index in [9.17, 15) is 14.4 Å². The van der Waals surface area contributed by atoms with Crippen LogP contribution in [-0.2, 0) is 22.7 Å². The van der Waals surface area contributed by atoms with Gasteiger partial charge in [0.2, 0.25) is 11.8 Å². The summed E-state index contributed by atoms with van der Waals surface area (Å²) in [5.74, 6) is -0.773. The molecule has 0 bridgehead atoms. The molecule has 3 N–H and O–H groups in total. The number of carbonyl (C=O) groups excluding carboxylic acids is 3. The van der Waals surface area contributed by atoms with Crippen LogP contribution in [0.2, 0.25) is 0 Å². The second kappa shape index (κ2) is 8.24. The minimum absolute atomic E-state index is 0.129. The lowest BCUT2D eigenvalue weighted by Gasteiger charge is -2.29. The molecular formula is C24H26N4O3. The maximum absolute atomic E-state index is 13.0. The minimum atomic E-state index is -0.574. The van der Waals surface area contributed by atoms with E-state index in [2.05, 4.69) is 40.2 Å². The van der Waals surface area contributed by atoms with Gasteiger partial charge < -0.3 is 15.5 Å². The van der Waals surface area contributed by atoms with Crippen molar-refractivity contribution in [3.05, 3.63) is 70.8 Å². The quantitative estimate of drug-likeness (QED) is 0.643. The average molecular weight is 418 g/mol. The summed E-state index contributed by atoms with van der Waals surface area (Å²) in [6.07, 6.45) is 1.70. The van der Waals surface area contributed by atoms with E-state index >= 15 is 0 Å². The number of hydrogen-bond donors (Lipinski definition) is 3. The Morgan fingerprint density at radius 1 is 1.03 bits per heavy atom. The first kappa shape index (κ1) is 19.9. The third-order valence-electron chi connectivity index (χ3n) is 6.54. The minimum Gasteiger partial charge on any atom is -0.322 e. The summed E-state index contributed by atoms with van der Waals surface area (Å²) in [7, 11) is 0. The second-order valence-corrected chi connectivity index (χ2v) is 8.51. The van der Waals surface area contributed by atoms with Crippen LogP contribution in [0.5, 0.6) is 0 Å². The van der Waals surface area contributed by atoms with Crippen LogP contribution in [0, 0.1) is 0 Å². The molecule has 160 valence electrons. The highest BCUT2D eigenvalue weighted by Crippen LogP contribution is 2.29. The van der Waals surface area contributed by atoms with Crippen LogP contribution in [0.3, 0.4) is 0 Å². The smallest absolute Gasteiger partial charge is 0.255 e. The van der Waals surface area contributed by atoms with Crippen molar-refractivity contribution in [2.75, 3.05) is 6.54 Å². The van der Waals surface area contributed by atoms with E-state index in [1.807, 2.05) is 24.3 Å². The summed E-state index contributed by atoms with van der Waals surface area (Å²) in [6, 6.07) is 16.5. The molecule has 2 aromatic carbocycles. The molecule has 0 spiro atoms. The molecule has 3 unspecified atom stereocenters. The van der Waals surface area contributed by atoms with Crippen molar-refractivity contribution in [1.29, 1.82) is 0 Å². The van der Waals surface area contributed by atoms with Gasteiger partial charge >= 0.3 is 0 Å². The molecule has 3 heterocycles. The van der Waals surface area contributed by atoms with Crippen molar-refractivity contribution in [2.24, 2.45) is 0 Å². The maximum Gasteiger partial charge on any atom is 0.255 e. The number of piperidine rings is 1. The fourth-order valence-electron chi connectivity index (χ4n) is 4.89. The Kier molecular flexibility index (Phi) is 5.29. The molecule has 3 amide bonds. The largest absolute Gasteiger partial charge is 0.322 e. The average Bonchev–Trinajstić information content (AvgIpc) is 3.38. The van der Waals surface area contributed by atoms with E-state index in [1.54, 1.807) is 4.90 Å². The van der Waals surface area contributed by atoms with Gasteiger partial charge in [0.1, 0.15) is 6.04 Å². The van der Waals surface area contributed by atoms with E-state index in [-0.39, 0.29) is 30.2 Å². The standard InChI is InChI=1S/C24H26N4O3/c29-21-9-8-20(23(30)27-21)28-14-17-7-6-15(12-18(17)24(28)31)13-26-19-10-11-25-22(19)16-4-2-1-3-5-16/h1-7,12,19-20,22,25-26H,8-11,13-14H2,(H,27,29,30). The number of carbonyl (C=O) groups is 3. The summed E-state index contributed by atoms with van der Waals surface area (Å²) < 4.78 is 0. The molecule has 0 aromatic heterocycles. The van der Waals surface area contributed by atoms with Crippen LogP contribution in [0.1, 0.15) is 52.4 Å². The molecule has 31 heavy (non-hydrogen) atoms. The predicted octanol–water partition coefficient (Wildman–Crippen LogP) is 1.64. The Balaban J connectivity index is 1.26. The normalized spacial score (nSPS) is 25.6. The van der Waals surface area contributed by atoms with Crippen LogP contribution in [0.15, 0.2) is 48.5 Å². The van der Waals surface area contributed by atoms with Gasteiger partial charge in [-0.15, -0.1) is 0 Å². The van der Waals surface area contributed by atoms with E-state index < -0.39 is 6.04 Å². The van der Waals surface area contributed by atoms with Crippen LogP contribution >= 0.6 is 0 Å². The maximum atomic E-state index is 13.0. The number of fused-ring (bicyclic) bond motifs is 1. The Labute approximate surface area is 181 Å². The number of nitrogens with zero attached hydrogens (tertiary/aromatic N) is 1. The number of rotatable bonds is 5. The Bertz CT molecular complexity index is 1020. The van der Waals surface area contributed by atoms with E-state index in [4.69, 9.17) is 0 Å². The van der Waals surface area contributed by atoms with Crippen LogP contribution < -0.4 is 16.0 Å². The zero-order valence-corrected chi connectivity index (χ0v) is 17.3. The van der Waals surface area contributed by atoms with Gasteiger partial charge in [0, 0.05) is 37.2 Å². The summed E-state index contributed by atoms with van der Waals surface area (Å²) in [5, 5.41) is 9.57. The Morgan fingerprint density at radius 3 is 2.68 bits per heavy atom. The molecule has 3 aliphatic heterocycles. The van der Waals surface area contributed by atoms with Gasteiger partial charge in [-0.2, -0.15) is 0 Å². The van der Waals surface area contributed by atoms with Crippen molar-refractivity contribution >= 4 is 17.7 Å². The lowest BCUT2D eigenvalue weighted by molar-refractivity contribution is -0.136. The molecule has 0 saturated carbocycles. The van der Waals surface area contributed by atoms with Crippen LogP contribution in [0.4, 0.5) is 0 Å². The van der Waals surface area contributed by atoms with Crippen LogP contribution in [0.25, 0.3) is 0 Å². The third kappa shape index (κ3) is 3.86. The SMILES string of the molecule is O=C1CCC(N2Cc3ccc(CNC4CCNC4c4ccccc4)cc3C2=O)C(=O)N1. The first-order valence-electron chi connectivity index (χ1n) is 10.9.